The normalized spacial score (nSPS) is 16.6. The number of rotatable bonds is 5. The molecule has 0 saturated carbocycles. The number of methoxy groups -OCH3 is 1. The molecule has 0 aliphatic carbocycles. The second kappa shape index (κ2) is 8.55. The molecule has 0 radical (unpaired) electrons. The molecule has 2 aromatic heterocycles. The van der Waals surface area contributed by atoms with E-state index in [1.54, 1.807) is 43.0 Å². The van der Waals surface area contributed by atoms with Gasteiger partial charge in [-0.05, 0) is 44.4 Å². The highest BCUT2D eigenvalue weighted by Crippen LogP contribution is 2.24. The number of hydrogen-bond acceptors (Lipinski definition) is 5. The molecule has 1 atom stereocenters. The molecular formula is C21H27N3O5. The summed E-state index contributed by atoms with van der Waals surface area (Å²) in [6.45, 7) is 4.80. The molecule has 1 N–H and O–H groups in total. The zero-order chi connectivity index (χ0) is 21.1. The van der Waals surface area contributed by atoms with Crippen LogP contribution in [0.2, 0.25) is 0 Å². The fraction of sp³-hybridized carbons (Fsp3) is 0.476. The minimum absolute atomic E-state index is 0.00598. The van der Waals surface area contributed by atoms with Crippen LogP contribution in [0.4, 0.5) is 0 Å². The summed E-state index contributed by atoms with van der Waals surface area (Å²) in [6.07, 6.45) is 3.07. The molecule has 2 amide bonds. The molecule has 3 rings (SSSR count). The zero-order valence-corrected chi connectivity index (χ0v) is 17.3. The third-order valence-corrected chi connectivity index (χ3v) is 5.45. The van der Waals surface area contributed by atoms with Crippen molar-refractivity contribution >= 4 is 17.8 Å². The lowest BCUT2D eigenvalue weighted by molar-refractivity contribution is -0.136. The van der Waals surface area contributed by atoms with Crippen LogP contribution in [0.15, 0.2) is 22.8 Å². The maximum absolute atomic E-state index is 13.1. The highest BCUT2D eigenvalue weighted by atomic mass is 16.5. The molecule has 8 nitrogen and oxygen atoms in total. The lowest BCUT2D eigenvalue weighted by Gasteiger charge is -2.33. The Kier molecular flexibility index (Phi) is 6.10. The second-order valence-electron chi connectivity index (χ2n) is 7.48. The molecule has 29 heavy (non-hydrogen) atoms. The monoisotopic (exact) mass is 401 g/mol. The molecule has 1 unspecified atom stereocenters. The third-order valence-electron chi connectivity index (χ3n) is 5.45. The number of aryl methyl sites for hydroxylation is 1. The standard InChI is InChI=1S/C21H27N3O5/c1-13-17(21(27)28-4)14(2)22-18(13)20(26)24-9-5-7-15(11-24)19(25)23(3)12-16-8-6-10-29-16/h6,8,10,15,22H,5,7,9,11-12H2,1-4H3. The molecule has 0 spiro atoms. The highest BCUT2D eigenvalue weighted by molar-refractivity contribution is 6.00. The maximum atomic E-state index is 13.1. The summed E-state index contributed by atoms with van der Waals surface area (Å²) in [7, 11) is 3.06. The van der Waals surface area contributed by atoms with Gasteiger partial charge in [0.15, 0.2) is 0 Å². The number of hydrogen-bond donors (Lipinski definition) is 1. The van der Waals surface area contributed by atoms with Crippen molar-refractivity contribution < 1.29 is 23.5 Å². The number of furan rings is 1. The Hall–Kier alpha value is -3.03. The van der Waals surface area contributed by atoms with Gasteiger partial charge in [0.1, 0.15) is 11.5 Å². The van der Waals surface area contributed by atoms with Crippen LogP contribution >= 0.6 is 0 Å². The SMILES string of the molecule is COC(=O)c1c(C)[nH]c(C(=O)N2CCCC(C(=O)N(C)Cc3ccco3)C2)c1C. The van der Waals surface area contributed by atoms with Gasteiger partial charge in [-0.1, -0.05) is 0 Å². The van der Waals surface area contributed by atoms with E-state index in [2.05, 4.69) is 4.98 Å². The lowest BCUT2D eigenvalue weighted by atomic mass is 9.96. The topological polar surface area (TPSA) is 95.8 Å². The summed E-state index contributed by atoms with van der Waals surface area (Å²) >= 11 is 0. The van der Waals surface area contributed by atoms with Gasteiger partial charge >= 0.3 is 5.97 Å². The number of aromatic amines is 1. The number of nitrogens with zero attached hydrogens (tertiary/aromatic N) is 2. The summed E-state index contributed by atoms with van der Waals surface area (Å²) in [4.78, 5) is 44.3. The van der Waals surface area contributed by atoms with Crippen LogP contribution in [0.3, 0.4) is 0 Å². The highest BCUT2D eigenvalue weighted by Gasteiger charge is 2.33. The van der Waals surface area contributed by atoms with Crippen molar-refractivity contribution in [3.05, 3.63) is 46.7 Å². The average molecular weight is 401 g/mol. The number of piperidine rings is 1. The summed E-state index contributed by atoms with van der Waals surface area (Å²) < 4.78 is 10.1. The van der Waals surface area contributed by atoms with Crippen molar-refractivity contribution in [1.29, 1.82) is 0 Å². The largest absolute Gasteiger partial charge is 0.467 e. The lowest BCUT2D eigenvalue weighted by Crippen LogP contribution is -2.46. The number of amides is 2. The fourth-order valence-corrected chi connectivity index (χ4v) is 3.92. The minimum Gasteiger partial charge on any atom is -0.467 e. The Labute approximate surface area is 169 Å². The summed E-state index contributed by atoms with van der Waals surface area (Å²) in [6, 6.07) is 3.62. The summed E-state index contributed by atoms with van der Waals surface area (Å²) in [5.41, 5.74) is 1.93. The van der Waals surface area contributed by atoms with Crippen LogP contribution in [-0.4, -0.2) is 59.8 Å². The van der Waals surface area contributed by atoms with Crippen LogP contribution in [-0.2, 0) is 16.1 Å². The molecule has 156 valence electrons. The number of carbonyl (C=O) groups excluding carboxylic acids is 3. The van der Waals surface area contributed by atoms with Crippen molar-refractivity contribution in [3.8, 4) is 0 Å². The maximum Gasteiger partial charge on any atom is 0.339 e. The summed E-state index contributed by atoms with van der Waals surface area (Å²) in [5, 5.41) is 0. The Morgan fingerprint density at radius 2 is 2.10 bits per heavy atom. The van der Waals surface area contributed by atoms with Crippen LogP contribution in [0.25, 0.3) is 0 Å². The first-order valence-electron chi connectivity index (χ1n) is 9.67. The van der Waals surface area contributed by atoms with E-state index in [9.17, 15) is 14.4 Å². The van der Waals surface area contributed by atoms with E-state index >= 15 is 0 Å². The van der Waals surface area contributed by atoms with Gasteiger partial charge in [0, 0.05) is 25.8 Å². The van der Waals surface area contributed by atoms with Gasteiger partial charge in [-0.25, -0.2) is 4.79 Å². The third kappa shape index (κ3) is 4.21. The predicted octanol–water partition coefficient (Wildman–Crippen LogP) is 2.52. The quantitative estimate of drug-likeness (QED) is 0.777. The van der Waals surface area contributed by atoms with E-state index < -0.39 is 5.97 Å². The number of nitrogens with one attached hydrogen (secondary N) is 1. The van der Waals surface area contributed by atoms with Crippen LogP contribution < -0.4 is 0 Å². The molecular weight excluding hydrogens is 374 g/mol. The average Bonchev–Trinajstić information content (AvgIpc) is 3.33. The number of carbonyl (C=O) groups is 3. The van der Waals surface area contributed by atoms with Gasteiger partial charge in [0.2, 0.25) is 5.91 Å². The number of aromatic nitrogens is 1. The van der Waals surface area contributed by atoms with Gasteiger partial charge < -0.3 is 23.9 Å². The van der Waals surface area contributed by atoms with Gasteiger partial charge in [-0.15, -0.1) is 0 Å². The number of likely N-dealkylation sites (tertiary alicyclic amines) is 1. The van der Waals surface area contributed by atoms with E-state index in [1.165, 1.54) is 7.11 Å². The molecule has 8 heteroatoms. The van der Waals surface area contributed by atoms with E-state index in [1.807, 2.05) is 6.07 Å². The van der Waals surface area contributed by atoms with Gasteiger partial charge in [0.25, 0.3) is 5.91 Å². The van der Waals surface area contributed by atoms with Crippen LogP contribution in [0, 0.1) is 19.8 Å². The first-order chi connectivity index (χ1) is 13.8. The molecule has 1 saturated heterocycles. The zero-order valence-electron chi connectivity index (χ0n) is 17.3. The molecule has 0 aromatic carbocycles. The van der Waals surface area contributed by atoms with Crippen molar-refractivity contribution in [2.24, 2.45) is 5.92 Å². The number of ether oxygens (including phenoxy) is 1. The molecule has 1 fully saturated rings. The van der Waals surface area contributed by atoms with Gasteiger partial charge in [-0.2, -0.15) is 0 Å². The molecule has 1 aliphatic heterocycles. The van der Waals surface area contributed by atoms with Gasteiger partial charge in [-0.3, -0.25) is 9.59 Å². The van der Waals surface area contributed by atoms with Crippen molar-refractivity contribution in [2.45, 2.75) is 33.2 Å². The Bertz CT molecular complexity index is 900. The minimum atomic E-state index is -0.471. The van der Waals surface area contributed by atoms with Crippen LogP contribution in [0.1, 0.15) is 50.7 Å². The van der Waals surface area contributed by atoms with Gasteiger partial charge in [0.05, 0.1) is 31.4 Å². The van der Waals surface area contributed by atoms with Crippen LogP contribution in [0.5, 0.6) is 0 Å². The Balaban J connectivity index is 1.71. The van der Waals surface area contributed by atoms with E-state index in [0.29, 0.717) is 42.1 Å². The van der Waals surface area contributed by atoms with Crippen molar-refractivity contribution in [3.63, 3.8) is 0 Å². The fourth-order valence-electron chi connectivity index (χ4n) is 3.92. The molecule has 1 aliphatic rings. The van der Waals surface area contributed by atoms with Crippen molar-refractivity contribution in [2.75, 3.05) is 27.2 Å². The molecule has 0 bridgehead atoms. The smallest absolute Gasteiger partial charge is 0.339 e. The number of esters is 1. The summed E-state index contributed by atoms with van der Waals surface area (Å²) in [5.74, 6) is -0.219. The van der Waals surface area contributed by atoms with E-state index in [0.717, 1.165) is 18.6 Å². The Morgan fingerprint density at radius 3 is 2.76 bits per heavy atom. The van der Waals surface area contributed by atoms with E-state index in [-0.39, 0.29) is 17.7 Å². The number of H-pyrrole nitrogens is 1. The first kappa shape index (κ1) is 20.7. The second-order valence-corrected chi connectivity index (χ2v) is 7.48. The first-order valence-corrected chi connectivity index (χ1v) is 9.67. The van der Waals surface area contributed by atoms with E-state index in [4.69, 9.17) is 9.15 Å². The molecule has 3 heterocycles. The Morgan fingerprint density at radius 1 is 1.34 bits per heavy atom. The van der Waals surface area contributed by atoms with Crippen molar-refractivity contribution in [1.82, 2.24) is 14.8 Å². The molecule has 2 aromatic rings. The predicted molar refractivity (Wildman–Crippen MR) is 105 cm³/mol.